The van der Waals surface area contributed by atoms with Gasteiger partial charge in [0.25, 0.3) is 0 Å². The SMILES string of the molecule is CCN1CCOC(CNCc2c(C)nn(C)c2OC)C1. The molecule has 1 aromatic heterocycles. The number of nitrogens with zero attached hydrogens (tertiary/aromatic N) is 3. The molecular weight excluding hydrogens is 256 g/mol. The number of aryl methyl sites for hydroxylation is 2. The number of aromatic nitrogens is 2. The van der Waals surface area contributed by atoms with E-state index >= 15 is 0 Å². The molecule has 1 aromatic rings. The summed E-state index contributed by atoms with van der Waals surface area (Å²) >= 11 is 0. The second kappa shape index (κ2) is 7.06. The molecule has 114 valence electrons. The van der Waals surface area contributed by atoms with Crippen LogP contribution in [0, 0.1) is 6.92 Å². The molecule has 1 fully saturated rings. The van der Waals surface area contributed by atoms with Crippen molar-refractivity contribution in [2.45, 2.75) is 26.5 Å². The summed E-state index contributed by atoms with van der Waals surface area (Å²) in [6.45, 7) is 9.79. The van der Waals surface area contributed by atoms with Gasteiger partial charge in [0.05, 0.1) is 31.1 Å². The molecule has 0 spiro atoms. The molecule has 0 radical (unpaired) electrons. The molecule has 0 aliphatic carbocycles. The Morgan fingerprint density at radius 2 is 2.30 bits per heavy atom. The third kappa shape index (κ3) is 3.50. The summed E-state index contributed by atoms with van der Waals surface area (Å²) in [4.78, 5) is 2.42. The third-order valence-electron chi connectivity index (χ3n) is 3.83. The number of nitrogens with one attached hydrogen (secondary N) is 1. The minimum Gasteiger partial charge on any atom is -0.481 e. The standard InChI is InChI=1S/C14H26N4O2/c1-5-18-6-7-20-12(10-18)8-15-9-13-11(2)16-17(3)14(13)19-4/h12,15H,5-10H2,1-4H3. The van der Waals surface area contributed by atoms with Gasteiger partial charge in [0, 0.05) is 33.2 Å². The molecule has 20 heavy (non-hydrogen) atoms. The molecule has 1 unspecified atom stereocenters. The van der Waals surface area contributed by atoms with Crippen molar-refractivity contribution in [1.82, 2.24) is 20.0 Å². The predicted molar refractivity (Wildman–Crippen MR) is 78.1 cm³/mol. The topological polar surface area (TPSA) is 51.5 Å². The van der Waals surface area contributed by atoms with Crippen LogP contribution in [0.15, 0.2) is 0 Å². The van der Waals surface area contributed by atoms with Crippen LogP contribution in [0.4, 0.5) is 0 Å². The van der Waals surface area contributed by atoms with E-state index < -0.39 is 0 Å². The van der Waals surface area contributed by atoms with Gasteiger partial charge in [-0.3, -0.25) is 4.90 Å². The fourth-order valence-corrected chi connectivity index (χ4v) is 2.69. The van der Waals surface area contributed by atoms with Gasteiger partial charge in [-0.05, 0) is 13.5 Å². The van der Waals surface area contributed by atoms with Gasteiger partial charge in [-0.25, -0.2) is 4.68 Å². The first-order valence-electron chi connectivity index (χ1n) is 7.26. The van der Waals surface area contributed by atoms with Crippen LogP contribution < -0.4 is 10.1 Å². The van der Waals surface area contributed by atoms with Crippen molar-refractivity contribution in [2.24, 2.45) is 7.05 Å². The van der Waals surface area contributed by atoms with Crippen molar-refractivity contribution in [2.75, 3.05) is 39.9 Å². The quantitative estimate of drug-likeness (QED) is 0.826. The van der Waals surface area contributed by atoms with Crippen LogP contribution in [-0.2, 0) is 18.3 Å². The van der Waals surface area contributed by atoms with Crippen LogP contribution in [-0.4, -0.2) is 60.7 Å². The molecule has 2 heterocycles. The Morgan fingerprint density at radius 3 is 3.00 bits per heavy atom. The van der Waals surface area contributed by atoms with Crippen molar-refractivity contribution in [3.05, 3.63) is 11.3 Å². The lowest BCUT2D eigenvalue weighted by atomic mass is 10.2. The van der Waals surface area contributed by atoms with Crippen molar-refractivity contribution in [1.29, 1.82) is 0 Å². The second-order valence-electron chi connectivity index (χ2n) is 5.21. The molecule has 1 aliphatic rings. The number of likely N-dealkylation sites (N-methyl/N-ethyl adjacent to an activating group) is 1. The van der Waals surface area contributed by atoms with Gasteiger partial charge in [-0.15, -0.1) is 0 Å². The largest absolute Gasteiger partial charge is 0.481 e. The lowest BCUT2D eigenvalue weighted by Crippen LogP contribution is -2.46. The Labute approximate surface area is 121 Å². The summed E-state index contributed by atoms with van der Waals surface area (Å²) in [5.74, 6) is 0.828. The van der Waals surface area contributed by atoms with E-state index in [-0.39, 0.29) is 6.10 Å². The normalized spacial score (nSPS) is 20.3. The molecule has 0 aromatic carbocycles. The molecule has 1 atom stereocenters. The zero-order valence-corrected chi connectivity index (χ0v) is 13.0. The Morgan fingerprint density at radius 1 is 1.50 bits per heavy atom. The lowest BCUT2D eigenvalue weighted by Gasteiger charge is -2.32. The Hall–Kier alpha value is -1.11. The summed E-state index contributed by atoms with van der Waals surface area (Å²) in [6, 6.07) is 0. The predicted octanol–water partition coefficient (Wildman–Crippen LogP) is 0.547. The van der Waals surface area contributed by atoms with Crippen molar-refractivity contribution >= 4 is 0 Å². The van der Waals surface area contributed by atoms with E-state index in [0.29, 0.717) is 0 Å². The Balaban J connectivity index is 1.84. The maximum absolute atomic E-state index is 5.78. The van der Waals surface area contributed by atoms with E-state index in [1.54, 1.807) is 11.8 Å². The summed E-state index contributed by atoms with van der Waals surface area (Å²) in [5.41, 5.74) is 2.13. The van der Waals surface area contributed by atoms with Crippen LogP contribution in [0.25, 0.3) is 0 Å². The van der Waals surface area contributed by atoms with Crippen LogP contribution in [0.5, 0.6) is 5.88 Å². The van der Waals surface area contributed by atoms with Gasteiger partial charge < -0.3 is 14.8 Å². The average Bonchev–Trinajstić information content (AvgIpc) is 2.73. The van der Waals surface area contributed by atoms with Crippen molar-refractivity contribution in [3.63, 3.8) is 0 Å². The van der Waals surface area contributed by atoms with E-state index in [2.05, 4.69) is 22.2 Å². The highest BCUT2D eigenvalue weighted by Crippen LogP contribution is 2.20. The smallest absolute Gasteiger partial charge is 0.216 e. The van der Waals surface area contributed by atoms with Gasteiger partial charge in [0.1, 0.15) is 0 Å². The van der Waals surface area contributed by atoms with Crippen molar-refractivity contribution in [3.8, 4) is 5.88 Å². The zero-order chi connectivity index (χ0) is 14.5. The minimum atomic E-state index is 0.270. The van der Waals surface area contributed by atoms with Gasteiger partial charge in [-0.2, -0.15) is 5.10 Å². The summed E-state index contributed by atoms with van der Waals surface area (Å²) in [6.07, 6.45) is 0.270. The molecule has 0 bridgehead atoms. The molecule has 1 N–H and O–H groups in total. The van der Waals surface area contributed by atoms with E-state index in [1.165, 1.54) is 0 Å². The second-order valence-corrected chi connectivity index (χ2v) is 5.21. The Kier molecular flexibility index (Phi) is 5.39. The summed E-state index contributed by atoms with van der Waals surface area (Å²) in [5, 5.41) is 7.84. The fourth-order valence-electron chi connectivity index (χ4n) is 2.69. The van der Waals surface area contributed by atoms with Crippen LogP contribution in [0.2, 0.25) is 0 Å². The fraction of sp³-hybridized carbons (Fsp3) is 0.786. The summed E-state index contributed by atoms with van der Waals surface area (Å²) in [7, 11) is 3.59. The minimum absolute atomic E-state index is 0.270. The number of hydrogen-bond donors (Lipinski definition) is 1. The molecule has 1 saturated heterocycles. The van der Waals surface area contributed by atoms with Crippen LogP contribution in [0.1, 0.15) is 18.2 Å². The molecule has 0 amide bonds. The van der Waals surface area contributed by atoms with E-state index in [4.69, 9.17) is 9.47 Å². The molecule has 1 aliphatic heterocycles. The van der Waals surface area contributed by atoms with Gasteiger partial charge in [0.2, 0.25) is 5.88 Å². The molecule has 2 rings (SSSR count). The van der Waals surface area contributed by atoms with Gasteiger partial charge in [-0.1, -0.05) is 6.92 Å². The molecule has 0 saturated carbocycles. The van der Waals surface area contributed by atoms with E-state index in [1.807, 2.05) is 14.0 Å². The van der Waals surface area contributed by atoms with E-state index in [0.717, 1.165) is 56.5 Å². The monoisotopic (exact) mass is 282 g/mol. The highest BCUT2D eigenvalue weighted by molar-refractivity contribution is 5.30. The van der Waals surface area contributed by atoms with Crippen LogP contribution in [0.3, 0.4) is 0 Å². The third-order valence-corrected chi connectivity index (χ3v) is 3.83. The highest BCUT2D eigenvalue weighted by atomic mass is 16.5. The molecular formula is C14H26N4O2. The first-order chi connectivity index (χ1) is 9.65. The molecule has 6 nitrogen and oxygen atoms in total. The first-order valence-corrected chi connectivity index (χ1v) is 7.26. The van der Waals surface area contributed by atoms with Crippen LogP contribution >= 0.6 is 0 Å². The number of hydrogen-bond acceptors (Lipinski definition) is 5. The zero-order valence-electron chi connectivity index (χ0n) is 13.0. The maximum atomic E-state index is 5.78. The lowest BCUT2D eigenvalue weighted by molar-refractivity contribution is -0.0254. The molecule has 6 heteroatoms. The van der Waals surface area contributed by atoms with Crippen molar-refractivity contribution < 1.29 is 9.47 Å². The maximum Gasteiger partial charge on any atom is 0.216 e. The van der Waals surface area contributed by atoms with E-state index in [9.17, 15) is 0 Å². The van der Waals surface area contributed by atoms with Gasteiger partial charge >= 0.3 is 0 Å². The number of methoxy groups -OCH3 is 1. The average molecular weight is 282 g/mol. The number of morpholine rings is 1. The summed E-state index contributed by atoms with van der Waals surface area (Å²) < 4.78 is 13.0. The van der Waals surface area contributed by atoms with Gasteiger partial charge in [0.15, 0.2) is 0 Å². The highest BCUT2D eigenvalue weighted by Gasteiger charge is 2.19. The number of rotatable bonds is 6. The number of ether oxygens (including phenoxy) is 2. The Bertz CT molecular complexity index is 433. The first kappa shape index (κ1) is 15.3.